The van der Waals surface area contributed by atoms with Crippen LogP contribution < -0.4 is 10.8 Å². The highest BCUT2D eigenvalue weighted by Gasteiger charge is 1.97. The van der Waals surface area contributed by atoms with Gasteiger partial charge in [0.1, 0.15) is 0 Å². The van der Waals surface area contributed by atoms with Crippen LogP contribution in [0.2, 0.25) is 5.02 Å². The molecule has 4 nitrogen and oxygen atoms in total. The predicted molar refractivity (Wildman–Crippen MR) is 95.2 cm³/mol. The number of amides is 1. The standard InChI is InChI=1S/C18H23ClN2O2/c1-15(20-14-8-2-3-13-18(22)21-23)9-4-5-10-16-11-6-7-12-17(16)19/h4-7,9-12,20,23H,1-3,8,13-14H2,(H,21,22)/b9-4+,10-5+. The third-order valence-electron chi connectivity index (χ3n) is 3.15. The lowest BCUT2D eigenvalue weighted by molar-refractivity contribution is -0.129. The van der Waals surface area contributed by atoms with E-state index < -0.39 is 0 Å². The van der Waals surface area contributed by atoms with Gasteiger partial charge in [-0.15, -0.1) is 0 Å². The molecule has 0 spiro atoms. The number of halogens is 1. The molecule has 0 aliphatic rings. The van der Waals surface area contributed by atoms with Gasteiger partial charge in [0, 0.05) is 23.7 Å². The monoisotopic (exact) mass is 334 g/mol. The maximum absolute atomic E-state index is 10.8. The van der Waals surface area contributed by atoms with Crippen LogP contribution in [0.5, 0.6) is 0 Å². The molecule has 1 aromatic carbocycles. The minimum absolute atomic E-state index is 0.337. The van der Waals surface area contributed by atoms with Crippen LogP contribution in [0.4, 0.5) is 0 Å². The predicted octanol–water partition coefficient (Wildman–Crippen LogP) is 4.08. The number of hydrogen-bond acceptors (Lipinski definition) is 3. The van der Waals surface area contributed by atoms with Crippen molar-refractivity contribution in [2.75, 3.05) is 6.54 Å². The molecule has 0 bridgehead atoms. The van der Waals surface area contributed by atoms with Gasteiger partial charge >= 0.3 is 0 Å². The second-order valence-corrected chi connectivity index (χ2v) is 5.44. The van der Waals surface area contributed by atoms with E-state index in [9.17, 15) is 4.79 Å². The van der Waals surface area contributed by atoms with E-state index in [1.807, 2.05) is 48.6 Å². The highest BCUT2D eigenvalue weighted by atomic mass is 35.5. The number of unbranched alkanes of at least 4 members (excludes halogenated alkanes) is 2. The molecule has 0 saturated heterocycles. The summed E-state index contributed by atoms with van der Waals surface area (Å²) in [5.74, 6) is -0.337. The molecule has 0 heterocycles. The fraction of sp³-hybridized carbons (Fsp3) is 0.278. The van der Waals surface area contributed by atoms with Crippen LogP contribution >= 0.6 is 11.6 Å². The summed E-state index contributed by atoms with van der Waals surface area (Å²) < 4.78 is 0. The number of carbonyl (C=O) groups is 1. The molecule has 23 heavy (non-hydrogen) atoms. The van der Waals surface area contributed by atoms with Gasteiger partial charge in [-0.3, -0.25) is 10.0 Å². The highest BCUT2D eigenvalue weighted by molar-refractivity contribution is 6.32. The minimum atomic E-state index is -0.337. The average molecular weight is 335 g/mol. The van der Waals surface area contributed by atoms with E-state index in [2.05, 4.69) is 11.9 Å². The summed E-state index contributed by atoms with van der Waals surface area (Å²) in [6.45, 7) is 4.72. The maximum atomic E-state index is 10.8. The first-order valence-corrected chi connectivity index (χ1v) is 7.96. The Balaban J connectivity index is 2.16. The van der Waals surface area contributed by atoms with Crippen molar-refractivity contribution in [2.24, 2.45) is 0 Å². The zero-order valence-electron chi connectivity index (χ0n) is 13.1. The Morgan fingerprint density at radius 2 is 2.00 bits per heavy atom. The van der Waals surface area contributed by atoms with E-state index in [1.165, 1.54) is 0 Å². The molecule has 0 aliphatic carbocycles. The zero-order valence-corrected chi connectivity index (χ0v) is 13.9. The van der Waals surface area contributed by atoms with Crippen molar-refractivity contribution >= 4 is 23.6 Å². The maximum Gasteiger partial charge on any atom is 0.243 e. The quantitative estimate of drug-likeness (QED) is 0.261. The van der Waals surface area contributed by atoms with E-state index in [4.69, 9.17) is 16.8 Å². The summed E-state index contributed by atoms with van der Waals surface area (Å²) in [7, 11) is 0. The van der Waals surface area contributed by atoms with Crippen LogP contribution in [0.15, 0.2) is 54.8 Å². The summed E-state index contributed by atoms with van der Waals surface area (Å²) in [5, 5.41) is 12.3. The number of carbonyl (C=O) groups excluding carboxylic acids is 1. The summed E-state index contributed by atoms with van der Waals surface area (Å²) in [6.07, 6.45) is 10.6. The third-order valence-corrected chi connectivity index (χ3v) is 3.49. The van der Waals surface area contributed by atoms with Gasteiger partial charge in [0.05, 0.1) is 0 Å². The van der Waals surface area contributed by atoms with Crippen molar-refractivity contribution in [2.45, 2.75) is 25.7 Å². The molecule has 0 aliphatic heterocycles. The molecule has 1 aromatic rings. The van der Waals surface area contributed by atoms with Crippen molar-refractivity contribution in [1.82, 2.24) is 10.8 Å². The van der Waals surface area contributed by atoms with Gasteiger partial charge in [-0.05, 0) is 30.5 Å². The van der Waals surface area contributed by atoms with Gasteiger partial charge in [0.25, 0.3) is 0 Å². The molecule has 5 heteroatoms. The fourth-order valence-corrected chi connectivity index (χ4v) is 2.09. The van der Waals surface area contributed by atoms with E-state index in [0.717, 1.165) is 42.1 Å². The fourth-order valence-electron chi connectivity index (χ4n) is 1.89. The first kappa shape index (κ1) is 19.0. The number of hydroxylamine groups is 1. The Morgan fingerprint density at radius 1 is 1.22 bits per heavy atom. The Morgan fingerprint density at radius 3 is 2.74 bits per heavy atom. The van der Waals surface area contributed by atoms with Crippen molar-refractivity contribution in [3.05, 3.63) is 65.4 Å². The van der Waals surface area contributed by atoms with Crippen molar-refractivity contribution < 1.29 is 10.0 Å². The molecular formula is C18H23ClN2O2. The lowest BCUT2D eigenvalue weighted by atomic mass is 10.2. The van der Waals surface area contributed by atoms with E-state index in [0.29, 0.717) is 6.42 Å². The highest BCUT2D eigenvalue weighted by Crippen LogP contribution is 2.16. The lowest BCUT2D eigenvalue weighted by Gasteiger charge is -2.05. The van der Waals surface area contributed by atoms with Gasteiger partial charge in [-0.2, -0.15) is 0 Å². The smallest absolute Gasteiger partial charge is 0.243 e. The van der Waals surface area contributed by atoms with E-state index >= 15 is 0 Å². The Hall–Kier alpha value is -2.04. The second-order valence-electron chi connectivity index (χ2n) is 5.04. The Labute approximate surface area is 142 Å². The van der Waals surface area contributed by atoms with Crippen molar-refractivity contribution in [3.63, 3.8) is 0 Å². The van der Waals surface area contributed by atoms with Crippen LogP contribution in [0, 0.1) is 0 Å². The van der Waals surface area contributed by atoms with Crippen LogP contribution in [0.1, 0.15) is 31.2 Å². The molecular weight excluding hydrogens is 312 g/mol. The Kier molecular flexibility index (Phi) is 9.52. The molecule has 3 N–H and O–H groups in total. The van der Waals surface area contributed by atoms with Gasteiger partial charge < -0.3 is 5.32 Å². The normalized spacial score (nSPS) is 11.0. The molecule has 0 saturated carbocycles. The summed E-state index contributed by atoms with van der Waals surface area (Å²) in [6, 6.07) is 7.66. The molecule has 124 valence electrons. The van der Waals surface area contributed by atoms with Gasteiger partial charge in [0.15, 0.2) is 0 Å². The summed E-state index contributed by atoms with van der Waals surface area (Å²) >= 11 is 6.06. The lowest BCUT2D eigenvalue weighted by Crippen LogP contribution is -2.18. The largest absolute Gasteiger partial charge is 0.386 e. The van der Waals surface area contributed by atoms with E-state index in [1.54, 1.807) is 5.48 Å². The van der Waals surface area contributed by atoms with Gasteiger partial charge in [-0.25, -0.2) is 5.48 Å². The first-order valence-electron chi connectivity index (χ1n) is 7.58. The number of allylic oxidation sites excluding steroid dienone is 3. The number of benzene rings is 1. The molecule has 0 unspecified atom stereocenters. The second kappa shape index (κ2) is 11.5. The summed E-state index contributed by atoms with van der Waals surface area (Å²) in [4.78, 5) is 10.8. The van der Waals surface area contributed by atoms with Gasteiger partial charge in [-0.1, -0.05) is 61.0 Å². The molecule has 1 rings (SSSR count). The number of rotatable bonds is 10. The molecule has 0 fully saturated rings. The average Bonchev–Trinajstić information content (AvgIpc) is 2.56. The molecule has 0 aromatic heterocycles. The topological polar surface area (TPSA) is 61.4 Å². The van der Waals surface area contributed by atoms with E-state index in [-0.39, 0.29) is 5.91 Å². The molecule has 0 radical (unpaired) electrons. The van der Waals surface area contributed by atoms with Crippen LogP contribution in [0.25, 0.3) is 6.08 Å². The van der Waals surface area contributed by atoms with Crippen molar-refractivity contribution in [3.8, 4) is 0 Å². The minimum Gasteiger partial charge on any atom is -0.386 e. The van der Waals surface area contributed by atoms with Crippen LogP contribution in [-0.4, -0.2) is 17.7 Å². The third kappa shape index (κ3) is 8.86. The molecule has 0 atom stereocenters. The SMILES string of the molecule is C=C(/C=C/C=C/c1ccccc1Cl)NCCCCCC(=O)NO. The summed E-state index contributed by atoms with van der Waals surface area (Å²) in [5.41, 5.74) is 3.44. The van der Waals surface area contributed by atoms with Crippen LogP contribution in [0.3, 0.4) is 0 Å². The first-order chi connectivity index (χ1) is 11.1. The Bertz CT molecular complexity index is 568. The van der Waals surface area contributed by atoms with Crippen LogP contribution in [-0.2, 0) is 4.79 Å². The number of nitrogens with one attached hydrogen (secondary N) is 2. The zero-order chi connectivity index (χ0) is 16.9. The van der Waals surface area contributed by atoms with Gasteiger partial charge in [0.2, 0.25) is 5.91 Å². The number of hydrogen-bond donors (Lipinski definition) is 3. The van der Waals surface area contributed by atoms with Crippen molar-refractivity contribution in [1.29, 1.82) is 0 Å². The molecule has 1 amide bonds.